The Kier molecular flexibility index (Phi) is 4.66. The molecular weight excluding hydrogens is 242 g/mol. The zero-order valence-electron chi connectivity index (χ0n) is 8.16. The van der Waals surface area contributed by atoms with E-state index in [0.29, 0.717) is 13.0 Å². The molecule has 1 atom stereocenters. The molecule has 3 heteroatoms. The molecule has 0 aliphatic rings. The lowest BCUT2D eigenvalue weighted by Crippen LogP contribution is -2.25. The first-order valence-corrected chi connectivity index (χ1v) is 5.61. The van der Waals surface area contributed by atoms with Crippen molar-refractivity contribution < 1.29 is 4.79 Å². The van der Waals surface area contributed by atoms with Crippen molar-refractivity contribution in [3.8, 4) is 0 Å². The highest BCUT2D eigenvalue weighted by atomic mass is 79.9. The van der Waals surface area contributed by atoms with E-state index in [0.717, 1.165) is 0 Å². The van der Waals surface area contributed by atoms with E-state index in [1.807, 2.05) is 37.3 Å². The van der Waals surface area contributed by atoms with Crippen LogP contribution in [0, 0.1) is 0 Å². The van der Waals surface area contributed by atoms with Crippen molar-refractivity contribution in [3.05, 3.63) is 35.9 Å². The molecule has 2 nitrogen and oxygen atoms in total. The maximum absolute atomic E-state index is 11.0. The summed E-state index contributed by atoms with van der Waals surface area (Å²) in [6.45, 7) is 2.48. The number of hydrogen-bond acceptors (Lipinski definition) is 1. The molecule has 0 bridgehead atoms. The Balaban J connectivity index is 2.43. The highest BCUT2D eigenvalue weighted by Crippen LogP contribution is 2.20. The molecule has 0 saturated heterocycles. The van der Waals surface area contributed by atoms with Crippen LogP contribution < -0.4 is 5.32 Å². The van der Waals surface area contributed by atoms with Crippen LogP contribution in [0.1, 0.15) is 23.7 Å². The van der Waals surface area contributed by atoms with Gasteiger partial charge in [0.15, 0.2) is 0 Å². The molecule has 0 spiro atoms. The first-order chi connectivity index (χ1) is 6.74. The number of carbonyl (C=O) groups is 1. The van der Waals surface area contributed by atoms with Gasteiger partial charge in [-0.25, -0.2) is 0 Å². The fourth-order valence-electron chi connectivity index (χ4n) is 1.11. The largest absolute Gasteiger partial charge is 0.355 e. The lowest BCUT2D eigenvalue weighted by atomic mass is 10.1. The number of alkyl halides is 1. The molecule has 1 N–H and O–H groups in total. The minimum absolute atomic E-state index is 0.0883. The van der Waals surface area contributed by atoms with Crippen LogP contribution in [0.4, 0.5) is 0 Å². The zero-order chi connectivity index (χ0) is 10.4. The van der Waals surface area contributed by atoms with Crippen LogP contribution in [0.15, 0.2) is 30.3 Å². The van der Waals surface area contributed by atoms with Gasteiger partial charge in [-0.15, -0.1) is 0 Å². The third kappa shape index (κ3) is 3.50. The third-order valence-corrected chi connectivity index (χ3v) is 2.81. The summed E-state index contributed by atoms with van der Waals surface area (Å²) in [5.74, 6) is 0.0883. The Morgan fingerprint density at radius 1 is 1.43 bits per heavy atom. The van der Waals surface area contributed by atoms with Gasteiger partial charge in [-0.2, -0.15) is 0 Å². The van der Waals surface area contributed by atoms with E-state index in [-0.39, 0.29) is 10.7 Å². The molecule has 0 fully saturated rings. The quantitative estimate of drug-likeness (QED) is 0.824. The molecule has 0 radical (unpaired) electrons. The van der Waals surface area contributed by atoms with Crippen LogP contribution in [0.5, 0.6) is 0 Å². The second kappa shape index (κ2) is 5.81. The number of nitrogens with one attached hydrogen (secondary N) is 1. The first kappa shape index (κ1) is 11.2. The first-order valence-electron chi connectivity index (χ1n) is 4.69. The number of hydrogen-bond donors (Lipinski definition) is 1. The average molecular weight is 256 g/mol. The van der Waals surface area contributed by atoms with E-state index >= 15 is 0 Å². The van der Waals surface area contributed by atoms with E-state index < -0.39 is 0 Å². The van der Waals surface area contributed by atoms with Crippen LogP contribution in [0.25, 0.3) is 0 Å². The van der Waals surface area contributed by atoms with Gasteiger partial charge in [0.2, 0.25) is 5.91 Å². The summed E-state index contributed by atoms with van der Waals surface area (Å²) in [7, 11) is 0. The molecule has 1 aromatic carbocycles. The summed E-state index contributed by atoms with van der Waals surface area (Å²) < 4.78 is 0. The Labute approximate surface area is 92.8 Å². The van der Waals surface area contributed by atoms with Crippen molar-refractivity contribution in [2.75, 3.05) is 6.54 Å². The average Bonchev–Trinajstić information content (AvgIpc) is 2.26. The van der Waals surface area contributed by atoms with Crippen LogP contribution in [-0.2, 0) is 4.79 Å². The van der Waals surface area contributed by atoms with E-state index in [1.165, 1.54) is 5.56 Å². The second-order valence-corrected chi connectivity index (χ2v) is 4.14. The Morgan fingerprint density at radius 2 is 2.07 bits per heavy atom. The smallest absolute Gasteiger partial charge is 0.219 e. The van der Waals surface area contributed by atoms with Gasteiger partial charge in [0.1, 0.15) is 0 Å². The molecule has 1 rings (SSSR count). The Morgan fingerprint density at radius 3 is 2.64 bits per heavy atom. The van der Waals surface area contributed by atoms with Gasteiger partial charge in [-0.3, -0.25) is 4.79 Å². The van der Waals surface area contributed by atoms with Crippen LogP contribution in [0.3, 0.4) is 0 Å². The van der Waals surface area contributed by atoms with E-state index in [2.05, 4.69) is 21.2 Å². The van der Waals surface area contributed by atoms with Gasteiger partial charge in [-0.05, 0) is 5.56 Å². The molecule has 1 unspecified atom stereocenters. The Bertz CT molecular complexity index is 287. The van der Waals surface area contributed by atoms with Gasteiger partial charge >= 0.3 is 0 Å². The lowest BCUT2D eigenvalue weighted by molar-refractivity contribution is -0.120. The molecule has 14 heavy (non-hydrogen) atoms. The monoisotopic (exact) mass is 255 g/mol. The number of amides is 1. The van der Waals surface area contributed by atoms with Gasteiger partial charge < -0.3 is 5.32 Å². The summed E-state index contributed by atoms with van der Waals surface area (Å²) >= 11 is 3.53. The lowest BCUT2D eigenvalue weighted by Gasteiger charge is -2.10. The molecule has 76 valence electrons. The van der Waals surface area contributed by atoms with Crippen molar-refractivity contribution in [2.45, 2.75) is 18.2 Å². The number of rotatable bonds is 4. The fourth-order valence-corrected chi connectivity index (χ4v) is 1.58. The predicted octanol–water partition coefficient (Wildman–Crippen LogP) is 2.65. The molecule has 1 amide bonds. The highest BCUT2D eigenvalue weighted by Gasteiger charge is 2.07. The molecule has 0 saturated carbocycles. The van der Waals surface area contributed by atoms with Crippen molar-refractivity contribution in [3.63, 3.8) is 0 Å². The van der Waals surface area contributed by atoms with Gasteiger partial charge in [0.05, 0.1) is 4.83 Å². The molecule has 0 aliphatic heterocycles. The summed E-state index contributed by atoms with van der Waals surface area (Å²) in [6.07, 6.45) is 0.536. The third-order valence-electron chi connectivity index (χ3n) is 1.96. The molecule has 0 aromatic heterocycles. The molecular formula is C11H14BrNO. The summed E-state index contributed by atoms with van der Waals surface area (Å²) in [5.41, 5.74) is 1.18. The topological polar surface area (TPSA) is 29.1 Å². The maximum Gasteiger partial charge on any atom is 0.219 e. The SMILES string of the molecule is CCC(=O)NCC(Br)c1ccccc1. The standard InChI is InChI=1S/C11H14BrNO/c1-2-11(14)13-8-10(12)9-6-4-3-5-7-9/h3-7,10H,2,8H2,1H3,(H,13,14). The molecule has 1 aromatic rings. The van der Waals surface area contributed by atoms with Crippen LogP contribution in [0.2, 0.25) is 0 Å². The van der Waals surface area contributed by atoms with Crippen LogP contribution >= 0.6 is 15.9 Å². The van der Waals surface area contributed by atoms with Gasteiger partial charge in [0.25, 0.3) is 0 Å². The van der Waals surface area contributed by atoms with Crippen molar-refractivity contribution in [1.29, 1.82) is 0 Å². The maximum atomic E-state index is 11.0. The van der Waals surface area contributed by atoms with Crippen molar-refractivity contribution in [2.24, 2.45) is 0 Å². The highest BCUT2D eigenvalue weighted by molar-refractivity contribution is 9.09. The van der Waals surface area contributed by atoms with Gasteiger partial charge in [-0.1, -0.05) is 53.2 Å². The van der Waals surface area contributed by atoms with E-state index in [1.54, 1.807) is 0 Å². The fraction of sp³-hybridized carbons (Fsp3) is 0.364. The van der Waals surface area contributed by atoms with Crippen molar-refractivity contribution >= 4 is 21.8 Å². The molecule has 0 heterocycles. The molecule has 0 aliphatic carbocycles. The minimum atomic E-state index is 0.0883. The normalized spacial score (nSPS) is 12.1. The summed E-state index contributed by atoms with van der Waals surface area (Å²) in [6, 6.07) is 10.0. The van der Waals surface area contributed by atoms with E-state index in [9.17, 15) is 4.79 Å². The number of benzene rings is 1. The van der Waals surface area contributed by atoms with E-state index in [4.69, 9.17) is 0 Å². The van der Waals surface area contributed by atoms with Gasteiger partial charge in [0, 0.05) is 13.0 Å². The van der Waals surface area contributed by atoms with Crippen molar-refractivity contribution in [1.82, 2.24) is 5.32 Å². The Hall–Kier alpha value is -0.830. The minimum Gasteiger partial charge on any atom is -0.355 e. The summed E-state index contributed by atoms with van der Waals surface area (Å²) in [5, 5.41) is 2.84. The number of halogens is 1. The van der Waals surface area contributed by atoms with Crippen LogP contribution in [-0.4, -0.2) is 12.5 Å². The summed E-state index contributed by atoms with van der Waals surface area (Å²) in [4.78, 5) is 11.2. The second-order valence-electron chi connectivity index (χ2n) is 3.04. The zero-order valence-corrected chi connectivity index (χ0v) is 9.75. The number of carbonyl (C=O) groups excluding carboxylic acids is 1. The predicted molar refractivity (Wildman–Crippen MR) is 61.4 cm³/mol.